The number of hydrogen-bond donors (Lipinski definition) is 1. The molecule has 6 nitrogen and oxygen atoms in total. The van der Waals surface area contributed by atoms with E-state index in [1.54, 1.807) is 36.3 Å². The van der Waals surface area contributed by atoms with E-state index in [-0.39, 0.29) is 11.5 Å². The molecule has 4 rings (SSSR count). The predicted molar refractivity (Wildman–Crippen MR) is 123 cm³/mol. The molecule has 1 heterocycles. The molecule has 0 radical (unpaired) electrons. The van der Waals surface area contributed by atoms with E-state index < -0.39 is 17.8 Å². The monoisotopic (exact) mass is 448 g/mol. The van der Waals surface area contributed by atoms with E-state index in [4.69, 9.17) is 9.47 Å². The van der Waals surface area contributed by atoms with Gasteiger partial charge >= 0.3 is 0 Å². The molecule has 2 amide bonds. The zero-order chi connectivity index (χ0) is 23.4. The smallest absolute Gasteiger partial charge is 0.264 e. The highest BCUT2D eigenvalue weighted by molar-refractivity contribution is 6.04. The van der Waals surface area contributed by atoms with Crippen LogP contribution in [0.1, 0.15) is 34.8 Å². The van der Waals surface area contributed by atoms with Crippen molar-refractivity contribution in [2.24, 2.45) is 0 Å². The number of halogens is 1. The van der Waals surface area contributed by atoms with Crippen LogP contribution in [0.15, 0.2) is 66.7 Å². The van der Waals surface area contributed by atoms with Crippen LogP contribution in [0.4, 0.5) is 10.1 Å². The number of anilines is 1. The summed E-state index contributed by atoms with van der Waals surface area (Å²) in [4.78, 5) is 27.4. The number of hydrogen-bond acceptors (Lipinski definition) is 4. The number of methoxy groups -OCH3 is 1. The van der Waals surface area contributed by atoms with Gasteiger partial charge in [-0.05, 0) is 54.4 Å². The third-order valence-corrected chi connectivity index (χ3v) is 5.53. The van der Waals surface area contributed by atoms with E-state index in [1.165, 1.54) is 18.2 Å². The number of carbonyl (C=O) groups excluding carboxylic acids is 2. The Labute approximate surface area is 191 Å². The molecule has 1 aliphatic heterocycles. The first-order valence-electron chi connectivity index (χ1n) is 10.8. The van der Waals surface area contributed by atoms with Gasteiger partial charge in [-0.15, -0.1) is 0 Å². The van der Waals surface area contributed by atoms with Gasteiger partial charge in [-0.3, -0.25) is 9.59 Å². The normalized spacial score (nSPS) is 15.3. The maximum Gasteiger partial charge on any atom is 0.264 e. The lowest BCUT2D eigenvalue weighted by molar-refractivity contribution is -0.139. The van der Waals surface area contributed by atoms with E-state index in [1.807, 2.05) is 31.2 Å². The summed E-state index contributed by atoms with van der Waals surface area (Å²) in [5.74, 6) is 0.0737. The Bertz CT molecular complexity index is 1180. The summed E-state index contributed by atoms with van der Waals surface area (Å²) < 4.78 is 25.3. The average molecular weight is 448 g/mol. The fourth-order valence-corrected chi connectivity index (χ4v) is 3.81. The van der Waals surface area contributed by atoms with Gasteiger partial charge in [0.2, 0.25) is 0 Å². The van der Waals surface area contributed by atoms with Crippen LogP contribution in [0.2, 0.25) is 0 Å². The van der Waals surface area contributed by atoms with Crippen LogP contribution in [-0.4, -0.2) is 29.9 Å². The number of nitrogens with one attached hydrogen (secondary N) is 1. The second-order valence-electron chi connectivity index (χ2n) is 7.82. The minimum Gasteiger partial charge on any atom is -0.497 e. The number of amides is 2. The van der Waals surface area contributed by atoms with Gasteiger partial charge < -0.3 is 19.7 Å². The standard InChI is InChI=1S/C26H25FN2O4/c1-3-23-26(31)29(15-17-7-6-8-20(13-17)32-2)16-18-14-19(11-12-24(18)33-23)28-25(30)21-9-4-5-10-22(21)27/h4-14,23H,3,15-16H2,1-2H3,(H,28,30)/t23-/m0/s1. The molecule has 33 heavy (non-hydrogen) atoms. The van der Waals surface area contributed by atoms with E-state index in [0.717, 1.165) is 16.9 Å². The van der Waals surface area contributed by atoms with Crippen molar-refractivity contribution in [1.82, 2.24) is 4.90 Å². The Balaban J connectivity index is 1.60. The Morgan fingerprint density at radius 3 is 2.73 bits per heavy atom. The first-order chi connectivity index (χ1) is 16.0. The average Bonchev–Trinajstić information content (AvgIpc) is 2.95. The second kappa shape index (κ2) is 9.73. The highest BCUT2D eigenvalue weighted by Gasteiger charge is 2.30. The lowest BCUT2D eigenvalue weighted by atomic mass is 10.1. The molecule has 0 spiro atoms. The maximum atomic E-state index is 14.0. The number of carbonyl (C=O) groups is 2. The minimum atomic E-state index is -0.601. The fraction of sp³-hybridized carbons (Fsp3) is 0.231. The quantitative estimate of drug-likeness (QED) is 0.589. The maximum absolute atomic E-state index is 14.0. The number of fused-ring (bicyclic) bond motifs is 1. The summed E-state index contributed by atoms with van der Waals surface area (Å²) >= 11 is 0. The van der Waals surface area contributed by atoms with Crippen molar-refractivity contribution >= 4 is 17.5 Å². The van der Waals surface area contributed by atoms with Gasteiger partial charge in [-0.2, -0.15) is 0 Å². The third-order valence-electron chi connectivity index (χ3n) is 5.53. The summed E-state index contributed by atoms with van der Waals surface area (Å²) in [7, 11) is 1.60. The fourth-order valence-electron chi connectivity index (χ4n) is 3.81. The van der Waals surface area contributed by atoms with Gasteiger partial charge in [-0.1, -0.05) is 31.2 Å². The van der Waals surface area contributed by atoms with Crippen LogP contribution in [0.5, 0.6) is 11.5 Å². The highest BCUT2D eigenvalue weighted by atomic mass is 19.1. The van der Waals surface area contributed by atoms with Crippen LogP contribution in [0, 0.1) is 5.82 Å². The number of ether oxygens (including phenoxy) is 2. The molecule has 0 saturated heterocycles. The van der Waals surface area contributed by atoms with E-state index in [2.05, 4.69) is 5.32 Å². The molecule has 1 N–H and O–H groups in total. The third kappa shape index (κ3) is 4.98. The van der Waals surface area contributed by atoms with Crippen LogP contribution >= 0.6 is 0 Å². The number of nitrogens with zero attached hydrogens (tertiary/aromatic N) is 1. The summed E-state index contributed by atoms with van der Waals surface area (Å²) in [6.45, 7) is 2.60. The van der Waals surface area contributed by atoms with Crippen molar-refractivity contribution in [2.45, 2.75) is 32.5 Å². The van der Waals surface area contributed by atoms with Crippen molar-refractivity contribution < 1.29 is 23.5 Å². The molecule has 0 saturated carbocycles. The van der Waals surface area contributed by atoms with E-state index in [9.17, 15) is 14.0 Å². The van der Waals surface area contributed by atoms with Crippen molar-refractivity contribution in [1.29, 1.82) is 0 Å². The molecular formula is C26H25FN2O4. The molecule has 0 aromatic heterocycles. The highest BCUT2D eigenvalue weighted by Crippen LogP contribution is 2.30. The van der Waals surface area contributed by atoms with Gasteiger partial charge in [0.15, 0.2) is 6.10 Å². The second-order valence-corrected chi connectivity index (χ2v) is 7.82. The minimum absolute atomic E-state index is 0.0374. The van der Waals surface area contributed by atoms with Crippen LogP contribution < -0.4 is 14.8 Å². The number of benzene rings is 3. The van der Waals surface area contributed by atoms with Crippen molar-refractivity contribution in [3.05, 3.63) is 89.2 Å². The van der Waals surface area contributed by atoms with E-state index in [0.29, 0.717) is 30.9 Å². The Hall–Kier alpha value is -3.87. The van der Waals surface area contributed by atoms with Gasteiger partial charge in [0.1, 0.15) is 17.3 Å². The SMILES string of the molecule is CC[C@@H]1Oc2ccc(NC(=O)c3ccccc3F)cc2CN(Cc2cccc(OC)c2)C1=O. The predicted octanol–water partition coefficient (Wildman–Crippen LogP) is 4.79. The molecule has 3 aromatic carbocycles. The molecule has 170 valence electrons. The lowest BCUT2D eigenvalue weighted by Gasteiger charge is -2.23. The van der Waals surface area contributed by atoms with Crippen molar-refractivity contribution in [2.75, 3.05) is 12.4 Å². The van der Waals surface area contributed by atoms with Crippen LogP contribution in [0.3, 0.4) is 0 Å². The molecule has 3 aromatic rings. The van der Waals surface area contributed by atoms with Gasteiger partial charge in [0.05, 0.1) is 12.7 Å². The van der Waals surface area contributed by atoms with E-state index >= 15 is 0 Å². The topological polar surface area (TPSA) is 67.9 Å². The van der Waals surface area contributed by atoms with Crippen molar-refractivity contribution in [3.63, 3.8) is 0 Å². The molecule has 0 fully saturated rings. The summed E-state index contributed by atoms with van der Waals surface area (Å²) in [6, 6.07) is 18.6. The lowest BCUT2D eigenvalue weighted by Crippen LogP contribution is -2.38. The Morgan fingerprint density at radius 2 is 1.97 bits per heavy atom. The molecule has 1 aliphatic rings. The van der Waals surface area contributed by atoms with Gasteiger partial charge in [-0.25, -0.2) is 4.39 Å². The Morgan fingerprint density at radius 1 is 1.15 bits per heavy atom. The zero-order valence-electron chi connectivity index (χ0n) is 18.5. The molecule has 7 heteroatoms. The first-order valence-corrected chi connectivity index (χ1v) is 10.8. The van der Waals surface area contributed by atoms with Crippen LogP contribution in [-0.2, 0) is 17.9 Å². The molecule has 1 atom stereocenters. The Kier molecular flexibility index (Phi) is 6.58. The van der Waals surface area contributed by atoms with Crippen molar-refractivity contribution in [3.8, 4) is 11.5 Å². The first kappa shape index (κ1) is 22.3. The zero-order valence-corrected chi connectivity index (χ0v) is 18.5. The van der Waals surface area contributed by atoms with Gasteiger partial charge in [0, 0.05) is 24.3 Å². The summed E-state index contributed by atoms with van der Waals surface area (Å²) in [6.07, 6.45) is -0.0747. The molecular weight excluding hydrogens is 423 g/mol. The molecule has 0 unspecified atom stereocenters. The molecule has 0 aliphatic carbocycles. The summed E-state index contributed by atoms with van der Waals surface area (Å²) in [5.41, 5.74) is 2.15. The largest absolute Gasteiger partial charge is 0.497 e. The molecule has 0 bridgehead atoms. The van der Waals surface area contributed by atoms with Gasteiger partial charge in [0.25, 0.3) is 11.8 Å². The number of rotatable bonds is 6. The van der Waals surface area contributed by atoms with Crippen LogP contribution in [0.25, 0.3) is 0 Å². The summed E-state index contributed by atoms with van der Waals surface area (Å²) in [5, 5.41) is 2.73.